The second-order valence-electron chi connectivity index (χ2n) is 3.80. The first-order valence-electron chi connectivity index (χ1n) is 5.09. The molecule has 0 amide bonds. The normalized spacial score (nSPS) is 18.9. The summed E-state index contributed by atoms with van der Waals surface area (Å²) >= 11 is 0. The Kier molecular flexibility index (Phi) is 3.17. The van der Waals surface area contributed by atoms with Crippen LogP contribution in [0.2, 0.25) is 0 Å². The Morgan fingerprint density at radius 2 is 2.07 bits per heavy atom. The van der Waals surface area contributed by atoms with Crippen molar-refractivity contribution >= 4 is 0 Å². The molecular formula is C12H16O2. The van der Waals surface area contributed by atoms with Gasteiger partial charge < -0.3 is 9.47 Å². The maximum atomic E-state index is 5.75. The van der Waals surface area contributed by atoms with Crippen LogP contribution in [0.1, 0.15) is 12.5 Å². The zero-order valence-electron chi connectivity index (χ0n) is 8.48. The van der Waals surface area contributed by atoms with E-state index < -0.39 is 0 Å². The number of hydrogen-bond acceptors (Lipinski definition) is 2. The lowest BCUT2D eigenvalue weighted by Gasteiger charge is -2.31. The third-order valence-corrected chi connectivity index (χ3v) is 2.68. The molecule has 1 heterocycles. The minimum Gasteiger partial charge on any atom is -0.380 e. The minimum absolute atomic E-state index is 0.309. The van der Waals surface area contributed by atoms with E-state index in [-0.39, 0.29) is 0 Å². The van der Waals surface area contributed by atoms with Crippen LogP contribution in [0.4, 0.5) is 0 Å². The molecule has 1 atom stereocenters. The van der Waals surface area contributed by atoms with Crippen molar-refractivity contribution in [3.63, 3.8) is 0 Å². The average molecular weight is 192 g/mol. The number of benzene rings is 1. The van der Waals surface area contributed by atoms with Gasteiger partial charge in [-0.25, -0.2) is 0 Å². The molecule has 1 fully saturated rings. The first-order valence-corrected chi connectivity index (χ1v) is 5.09. The molecule has 0 aliphatic carbocycles. The van der Waals surface area contributed by atoms with Gasteiger partial charge >= 0.3 is 0 Å². The smallest absolute Gasteiger partial charge is 0.0720 e. The van der Waals surface area contributed by atoms with E-state index in [2.05, 4.69) is 19.1 Å². The molecule has 0 saturated carbocycles. The third-order valence-electron chi connectivity index (χ3n) is 2.68. The molecule has 0 aromatic heterocycles. The van der Waals surface area contributed by atoms with Crippen LogP contribution in [-0.2, 0) is 16.1 Å². The monoisotopic (exact) mass is 192 g/mol. The Bertz CT molecular complexity index is 267. The molecule has 1 aromatic carbocycles. The molecule has 0 N–H and O–H groups in total. The van der Waals surface area contributed by atoms with Crippen LogP contribution in [0.3, 0.4) is 0 Å². The van der Waals surface area contributed by atoms with Gasteiger partial charge in [-0.1, -0.05) is 30.3 Å². The summed E-state index contributed by atoms with van der Waals surface area (Å²) < 4.78 is 10.9. The highest BCUT2D eigenvalue weighted by Crippen LogP contribution is 2.18. The van der Waals surface area contributed by atoms with Crippen LogP contribution in [-0.4, -0.2) is 19.3 Å². The molecule has 2 nitrogen and oxygen atoms in total. The Balaban J connectivity index is 1.76. The summed E-state index contributed by atoms with van der Waals surface area (Å²) in [5.74, 6) is 0.596. The van der Waals surface area contributed by atoms with E-state index in [1.54, 1.807) is 0 Å². The van der Waals surface area contributed by atoms with E-state index in [9.17, 15) is 0 Å². The maximum Gasteiger partial charge on any atom is 0.0720 e. The van der Waals surface area contributed by atoms with Gasteiger partial charge in [0, 0.05) is 5.92 Å². The highest BCUT2D eigenvalue weighted by Gasteiger charge is 2.25. The van der Waals surface area contributed by atoms with Crippen LogP contribution < -0.4 is 0 Å². The van der Waals surface area contributed by atoms with Gasteiger partial charge in [0.1, 0.15) is 0 Å². The molecule has 1 aliphatic heterocycles. The fourth-order valence-electron chi connectivity index (χ4n) is 1.46. The molecule has 1 aliphatic rings. The first kappa shape index (κ1) is 9.69. The van der Waals surface area contributed by atoms with E-state index in [0.29, 0.717) is 18.6 Å². The van der Waals surface area contributed by atoms with E-state index in [4.69, 9.17) is 9.47 Å². The van der Waals surface area contributed by atoms with Crippen molar-refractivity contribution in [2.24, 2.45) is 5.92 Å². The highest BCUT2D eigenvalue weighted by atomic mass is 16.5. The van der Waals surface area contributed by atoms with Crippen LogP contribution >= 0.6 is 0 Å². The highest BCUT2D eigenvalue weighted by molar-refractivity contribution is 5.13. The molecule has 0 spiro atoms. The Morgan fingerprint density at radius 1 is 1.36 bits per heavy atom. The second-order valence-corrected chi connectivity index (χ2v) is 3.80. The fourth-order valence-corrected chi connectivity index (χ4v) is 1.46. The van der Waals surface area contributed by atoms with E-state index in [0.717, 1.165) is 13.2 Å². The lowest BCUT2D eigenvalue weighted by molar-refractivity contribution is -0.111. The summed E-state index contributed by atoms with van der Waals surface area (Å²) in [5, 5.41) is 0. The average Bonchev–Trinajstić information content (AvgIpc) is 2.14. The van der Waals surface area contributed by atoms with Crippen molar-refractivity contribution in [3.05, 3.63) is 35.9 Å². The first-order chi connectivity index (χ1) is 6.86. The van der Waals surface area contributed by atoms with Crippen LogP contribution in [0.5, 0.6) is 0 Å². The van der Waals surface area contributed by atoms with Gasteiger partial charge in [0.15, 0.2) is 0 Å². The van der Waals surface area contributed by atoms with E-state index >= 15 is 0 Å². The molecule has 1 saturated heterocycles. The molecule has 0 unspecified atom stereocenters. The van der Waals surface area contributed by atoms with E-state index in [1.807, 2.05) is 18.2 Å². The van der Waals surface area contributed by atoms with Crippen molar-refractivity contribution in [1.82, 2.24) is 0 Å². The molecule has 0 radical (unpaired) electrons. The van der Waals surface area contributed by atoms with Gasteiger partial charge in [-0.2, -0.15) is 0 Å². The standard InChI is InChI=1S/C12H16O2/c1-10(12-8-13-9-12)14-7-11-5-3-2-4-6-11/h2-6,10,12H,7-9H2,1H3/t10-/m1/s1. The number of rotatable bonds is 4. The lowest BCUT2D eigenvalue weighted by atomic mass is 10.0. The molecular weight excluding hydrogens is 176 g/mol. The SMILES string of the molecule is C[C@@H](OCc1ccccc1)C1COC1. The van der Waals surface area contributed by atoms with Crippen LogP contribution in [0, 0.1) is 5.92 Å². The summed E-state index contributed by atoms with van der Waals surface area (Å²) in [7, 11) is 0. The second kappa shape index (κ2) is 4.58. The Hall–Kier alpha value is -0.860. The molecule has 0 bridgehead atoms. The van der Waals surface area contributed by atoms with Crippen LogP contribution in [0.15, 0.2) is 30.3 Å². The summed E-state index contributed by atoms with van der Waals surface area (Å²) in [6, 6.07) is 10.3. The minimum atomic E-state index is 0.309. The summed E-state index contributed by atoms with van der Waals surface area (Å²) in [5.41, 5.74) is 1.24. The summed E-state index contributed by atoms with van der Waals surface area (Å²) in [6.45, 7) is 4.54. The molecule has 2 rings (SSSR count). The summed E-state index contributed by atoms with van der Waals surface area (Å²) in [4.78, 5) is 0. The summed E-state index contributed by atoms with van der Waals surface area (Å²) in [6.07, 6.45) is 0.309. The topological polar surface area (TPSA) is 18.5 Å². The predicted molar refractivity (Wildman–Crippen MR) is 55.0 cm³/mol. The van der Waals surface area contributed by atoms with Gasteiger partial charge in [-0.05, 0) is 12.5 Å². The Labute approximate surface area is 84.8 Å². The fraction of sp³-hybridized carbons (Fsp3) is 0.500. The van der Waals surface area contributed by atoms with Gasteiger partial charge in [-0.3, -0.25) is 0 Å². The number of ether oxygens (including phenoxy) is 2. The van der Waals surface area contributed by atoms with Crippen molar-refractivity contribution < 1.29 is 9.47 Å². The zero-order valence-corrected chi connectivity index (χ0v) is 8.48. The maximum absolute atomic E-state index is 5.75. The van der Waals surface area contributed by atoms with Crippen molar-refractivity contribution in [3.8, 4) is 0 Å². The van der Waals surface area contributed by atoms with Crippen LogP contribution in [0.25, 0.3) is 0 Å². The molecule has 14 heavy (non-hydrogen) atoms. The quantitative estimate of drug-likeness (QED) is 0.728. The molecule has 1 aromatic rings. The molecule has 2 heteroatoms. The number of hydrogen-bond donors (Lipinski definition) is 0. The van der Waals surface area contributed by atoms with Crippen molar-refractivity contribution in [1.29, 1.82) is 0 Å². The largest absolute Gasteiger partial charge is 0.380 e. The predicted octanol–water partition coefficient (Wildman–Crippen LogP) is 2.24. The van der Waals surface area contributed by atoms with E-state index in [1.165, 1.54) is 5.56 Å². The zero-order chi connectivity index (χ0) is 9.80. The Morgan fingerprint density at radius 3 is 2.64 bits per heavy atom. The van der Waals surface area contributed by atoms with Crippen molar-refractivity contribution in [2.75, 3.05) is 13.2 Å². The molecule has 76 valence electrons. The van der Waals surface area contributed by atoms with Gasteiger partial charge in [0.2, 0.25) is 0 Å². The van der Waals surface area contributed by atoms with Gasteiger partial charge in [-0.15, -0.1) is 0 Å². The lowest BCUT2D eigenvalue weighted by Crippen LogP contribution is -2.37. The van der Waals surface area contributed by atoms with Crippen molar-refractivity contribution in [2.45, 2.75) is 19.6 Å². The van der Waals surface area contributed by atoms with Gasteiger partial charge in [0.05, 0.1) is 25.9 Å². The van der Waals surface area contributed by atoms with Gasteiger partial charge in [0.25, 0.3) is 0 Å². The third kappa shape index (κ3) is 2.34.